The highest BCUT2D eigenvalue weighted by molar-refractivity contribution is 7.19. The number of carbonyl (C=O) groups is 1. The molecule has 1 N–H and O–H groups in total. The van der Waals surface area contributed by atoms with Crippen molar-refractivity contribution in [2.24, 2.45) is 0 Å². The summed E-state index contributed by atoms with van der Waals surface area (Å²) in [4.78, 5) is 13.4. The van der Waals surface area contributed by atoms with Gasteiger partial charge in [0, 0.05) is 22.7 Å². The number of nitrogens with zero attached hydrogens (tertiary/aromatic N) is 4. The van der Waals surface area contributed by atoms with Crippen LogP contribution in [0.3, 0.4) is 0 Å². The summed E-state index contributed by atoms with van der Waals surface area (Å²) in [5.41, 5.74) is 2.52. The van der Waals surface area contributed by atoms with Crippen molar-refractivity contribution < 1.29 is 9.53 Å². The largest absolute Gasteiger partial charge is 0.480 e. The van der Waals surface area contributed by atoms with Gasteiger partial charge in [-0.05, 0) is 42.8 Å². The highest BCUT2D eigenvalue weighted by Gasteiger charge is 2.29. The lowest BCUT2D eigenvalue weighted by Gasteiger charge is -2.12. The number of fused-ring (bicyclic) bond motifs is 2. The van der Waals surface area contributed by atoms with Gasteiger partial charge in [0.2, 0.25) is 4.96 Å². The van der Waals surface area contributed by atoms with E-state index in [2.05, 4.69) is 20.6 Å². The van der Waals surface area contributed by atoms with E-state index in [1.807, 2.05) is 37.3 Å². The minimum Gasteiger partial charge on any atom is -0.480 e. The molecule has 28 heavy (non-hydrogen) atoms. The lowest BCUT2D eigenvalue weighted by molar-refractivity contribution is -0.122. The minimum atomic E-state index is -0.575. The fraction of sp³-hybridized carbons (Fsp3) is 0.158. The van der Waals surface area contributed by atoms with Crippen LogP contribution in [0.4, 0.5) is 5.69 Å². The highest BCUT2D eigenvalue weighted by atomic mass is 35.5. The summed E-state index contributed by atoms with van der Waals surface area (Å²) >= 11 is 7.46. The van der Waals surface area contributed by atoms with Crippen molar-refractivity contribution in [3.63, 3.8) is 0 Å². The number of nitrogens with one attached hydrogen (secondary N) is 1. The first-order valence-electron chi connectivity index (χ1n) is 8.62. The molecule has 1 unspecified atom stereocenters. The Balaban J connectivity index is 1.35. The molecule has 0 saturated carbocycles. The molecule has 140 valence electrons. The summed E-state index contributed by atoms with van der Waals surface area (Å²) < 4.78 is 7.46. The van der Waals surface area contributed by atoms with Crippen LogP contribution in [0.15, 0.2) is 42.5 Å². The minimum absolute atomic E-state index is 0.196. The van der Waals surface area contributed by atoms with Gasteiger partial charge < -0.3 is 10.1 Å². The van der Waals surface area contributed by atoms with Crippen LogP contribution in [0, 0.1) is 6.92 Å². The maximum atomic E-state index is 12.7. The van der Waals surface area contributed by atoms with E-state index in [1.165, 1.54) is 11.3 Å². The third-order valence-electron chi connectivity index (χ3n) is 4.51. The molecule has 0 bridgehead atoms. The quantitative estimate of drug-likeness (QED) is 0.555. The molecular formula is C19H14ClN5O2S. The Morgan fingerprint density at radius 3 is 3.04 bits per heavy atom. The molecular weight excluding hydrogens is 398 g/mol. The molecule has 3 heterocycles. The Hall–Kier alpha value is -2.97. The molecule has 1 aliphatic heterocycles. The van der Waals surface area contributed by atoms with Crippen LogP contribution in [-0.2, 0) is 11.2 Å². The third kappa shape index (κ3) is 3.00. The summed E-state index contributed by atoms with van der Waals surface area (Å²) in [5, 5.41) is 17.0. The van der Waals surface area contributed by atoms with E-state index < -0.39 is 6.10 Å². The summed E-state index contributed by atoms with van der Waals surface area (Å²) in [5.74, 6) is 1.24. The maximum absolute atomic E-state index is 12.7. The fourth-order valence-corrected chi connectivity index (χ4v) is 4.22. The number of hydrogen-bond acceptors (Lipinski definition) is 6. The third-order valence-corrected chi connectivity index (χ3v) is 5.70. The molecule has 1 amide bonds. The van der Waals surface area contributed by atoms with Crippen molar-refractivity contribution in [3.05, 3.63) is 58.9 Å². The Labute approximate surface area is 168 Å². The van der Waals surface area contributed by atoms with Crippen LogP contribution >= 0.6 is 22.9 Å². The van der Waals surface area contributed by atoms with Crippen LogP contribution < -0.4 is 10.1 Å². The molecule has 1 atom stereocenters. The summed E-state index contributed by atoms with van der Waals surface area (Å²) in [7, 11) is 0. The van der Waals surface area contributed by atoms with Crippen molar-refractivity contribution in [1.82, 2.24) is 19.8 Å². The van der Waals surface area contributed by atoms with Crippen molar-refractivity contribution >= 4 is 39.5 Å². The molecule has 7 nitrogen and oxygen atoms in total. The Kier molecular flexibility index (Phi) is 4.03. The predicted octanol–water partition coefficient (Wildman–Crippen LogP) is 3.76. The Bertz CT molecular complexity index is 1220. The number of halogens is 1. The first-order valence-corrected chi connectivity index (χ1v) is 9.81. The van der Waals surface area contributed by atoms with E-state index in [4.69, 9.17) is 16.3 Å². The van der Waals surface area contributed by atoms with Gasteiger partial charge in [-0.1, -0.05) is 35.1 Å². The Morgan fingerprint density at radius 1 is 1.29 bits per heavy atom. The molecule has 5 rings (SSSR count). The van der Waals surface area contributed by atoms with Crippen LogP contribution in [0.5, 0.6) is 5.75 Å². The van der Waals surface area contributed by atoms with Gasteiger partial charge in [0.15, 0.2) is 11.9 Å². The molecule has 0 spiro atoms. The number of aromatic nitrogens is 4. The van der Waals surface area contributed by atoms with Crippen molar-refractivity contribution in [3.8, 4) is 16.3 Å². The molecule has 0 fully saturated rings. The monoisotopic (exact) mass is 411 g/mol. The van der Waals surface area contributed by atoms with Crippen molar-refractivity contribution in [2.45, 2.75) is 19.4 Å². The maximum Gasteiger partial charge on any atom is 0.265 e. The van der Waals surface area contributed by atoms with Gasteiger partial charge in [0.25, 0.3) is 5.91 Å². The van der Waals surface area contributed by atoms with E-state index >= 15 is 0 Å². The second-order valence-electron chi connectivity index (χ2n) is 6.48. The number of ether oxygens (including phenoxy) is 1. The number of rotatable bonds is 3. The zero-order valence-electron chi connectivity index (χ0n) is 14.7. The van der Waals surface area contributed by atoms with E-state index in [1.54, 1.807) is 16.6 Å². The van der Waals surface area contributed by atoms with E-state index in [-0.39, 0.29) is 5.91 Å². The number of amides is 1. The molecule has 4 aromatic rings. The molecule has 1 aliphatic rings. The smallest absolute Gasteiger partial charge is 0.265 e. The molecule has 2 aromatic heterocycles. The van der Waals surface area contributed by atoms with Gasteiger partial charge in [-0.2, -0.15) is 9.61 Å². The predicted molar refractivity (Wildman–Crippen MR) is 107 cm³/mol. The van der Waals surface area contributed by atoms with Crippen LogP contribution in [0.2, 0.25) is 5.02 Å². The molecule has 2 aromatic carbocycles. The number of aryl methyl sites for hydroxylation is 1. The lowest BCUT2D eigenvalue weighted by atomic mass is 10.1. The normalized spacial score (nSPS) is 15.4. The van der Waals surface area contributed by atoms with Gasteiger partial charge in [0.1, 0.15) is 10.8 Å². The summed E-state index contributed by atoms with van der Waals surface area (Å²) in [6.45, 7) is 1.85. The van der Waals surface area contributed by atoms with Gasteiger partial charge >= 0.3 is 0 Å². The summed E-state index contributed by atoms with van der Waals surface area (Å²) in [6.07, 6.45) is -0.0776. The van der Waals surface area contributed by atoms with E-state index in [0.717, 1.165) is 26.9 Å². The fourth-order valence-electron chi connectivity index (χ4n) is 3.15. The average Bonchev–Trinajstić information content (AvgIpc) is 3.37. The second-order valence-corrected chi connectivity index (χ2v) is 7.87. The zero-order chi connectivity index (χ0) is 19.3. The lowest BCUT2D eigenvalue weighted by Crippen LogP contribution is -2.31. The second kappa shape index (κ2) is 6.57. The van der Waals surface area contributed by atoms with Gasteiger partial charge in [0.05, 0.1) is 0 Å². The van der Waals surface area contributed by atoms with Gasteiger partial charge in [-0.15, -0.1) is 10.2 Å². The van der Waals surface area contributed by atoms with Crippen molar-refractivity contribution in [1.29, 1.82) is 0 Å². The summed E-state index contributed by atoms with van der Waals surface area (Å²) in [6, 6.07) is 12.9. The van der Waals surface area contributed by atoms with Crippen LogP contribution in [0.25, 0.3) is 15.5 Å². The molecule has 0 aliphatic carbocycles. The van der Waals surface area contributed by atoms with Crippen LogP contribution in [0.1, 0.15) is 11.4 Å². The first-order chi connectivity index (χ1) is 13.6. The van der Waals surface area contributed by atoms with E-state index in [0.29, 0.717) is 22.9 Å². The number of anilines is 1. The molecule has 9 heteroatoms. The van der Waals surface area contributed by atoms with Crippen molar-refractivity contribution in [2.75, 3.05) is 5.32 Å². The van der Waals surface area contributed by atoms with Gasteiger partial charge in [-0.3, -0.25) is 4.79 Å². The number of hydrogen-bond donors (Lipinski definition) is 1. The molecule has 0 saturated heterocycles. The topological polar surface area (TPSA) is 81.4 Å². The highest BCUT2D eigenvalue weighted by Crippen LogP contribution is 2.32. The molecule has 0 radical (unpaired) electrons. The Morgan fingerprint density at radius 2 is 2.18 bits per heavy atom. The zero-order valence-corrected chi connectivity index (χ0v) is 16.3. The van der Waals surface area contributed by atoms with Crippen LogP contribution in [-0.4, -0.2) is 31.8 Å². The van der Waals surface area contributed by atoms with E-state index in [9.17, 15) is 4.79 Å². The standard InChI is InChI=1S/C19H14ClN5O2S/c1-10-22-23-19-25(10)24-18(28-19)11-3-2-4-14(8-11)21-17(26)16-9-12-7-13(20)5-6-15(12)27-16/h2-8,16H,9H2,1H3,(H,21,26). The average molecular weight is 412 g/mol. The number of benzene rings is 2. The first kappa shape index (κ1) is 17.2. The SMILES string of the molecule is Cc1nnc2sc(-c3cccc(NC(=O)C4Cc5cc(Cl)ccc5O4)c3)nn12. The van der Waals surface area contributed by atoms with Gasteiger partial charge in [-0.25, -0.2) is 0 Å². The number of carbonyl (C=O) groups excluding carboxylic acids is 1.